The van der Waals surface area contributed by atoms with Crippen LogP contribution in [0.2, 0.25) is 0 Å². The zero-order valence-electron chi connectivity index (χ0n) is 16.0. The van der Waals surface area contributed by atoms with Gasteiger partial charge in [0.15, 0.2) is 5.78 Å². The number of carboxylic acids is 1. The maximum absolute atomic E-state index is 13.2. The van der Waals surface area contributed by atoms with Crippen LogP contribution in [0.1, 0.15) is 30.9 Å². The van der Waals surface area contributed by atoms with Crippen LogP contribution in [-0.2, 0) is 30.5 Å². The molecule has 1 aliphatic heterocycles. The van der Waals surface area contributed by atoms with Gasteiger partial charge in [-0.2, -0.15) is 0 Å². The third-order valence-electron chi connectivity index (χ3n) is 5.32. The molecule has 3 atom stereocenters. The van der Waals surface area contributed by atoms with Gasteiger partial charge in [0.2, 0.25) is 0 Å². The van der Waals surface area contributed by atoms with Crippen molar-refractivity contribution in [3.63, 3.8) is 0 Å². The Morgan fingerprint density at radius 2 is 1.82 bits per heavy atom. The molecule has 0 aromatic heterocycles. The molecule has 1 aliphatic rings. The number of rotatable bonds is 5. The molecule has 0 aliphatic carbocycles. The summed E-state index contributed by atoms with van der Waals surface area (Å²) in [7, 11) is 1.19. The lowest BCUT2D eigenvalue weighted by molar-refractivity contribution is -0.168. The maximum atomic E-state index is 13.2. The van der Waals surface area contributed by atoms with Crippen LogP contribution in [0.5, 0.6) is 0 Å². The van der Waals surface area contributed by atoms with E-state index in [1.807, 2.05) is 36.4 Å². The van der Waals surface area contributed by atoms with E-state index in [4.69, 9.17) is 4.74 Å². The van der Waals surface area contributed by atoms with E-state index in [0.29, 0.717) is 5.56 Å². The van der Waals surface area contributed by atoms with Gasteiger partial charge in [-0.1, -0.05) is 48.5 Å². The summed E-state index contributed by atoms with van der Waals surface area (Å²) in [6.07, 6.45) is 0. The normalized spacial score (nSPS) is 22.0. The molecule has 0 amide bonds. The van der Waals surface area contributed by atoms with Crippen LogP contribution in [0.15, 0.2) is 48.5 Å². The minimum atomic E-state index is -1.72. The van der Waals surface area contributed by atoms with Crippen LogP contribution >= 0.6 is 0 Å². The van der Waals surface area contributed by atoms with Crippen LogP contribution < -0.4 is 0 Å². The van der Waals surface area contributed by atoms with Crippen molar-refractivity contribution in [2.45, 2.75) is 32.0 Å². The Morgan fingerprint density at radius 3 is 2.43 bits per heavy atom. The lowest BCUT2D eigenvalue weighted by Gasteiger charge is -2.34. The molecule has 146 valence electrons. The van der Waals surface area contributed by atoms with E-state index in [1.54, 1.807) is 12.1 Å². The molecule has 1 N–H and O–H groups in total. The fourth-order valence-corrected chi connectivity index (χ4v) is 3.84. The molecule has 28 heavy (non-hydrogen) atoms. The van der Waals surface area contributed by atoms with Gasteiger partial charge >= 0.3 is 11.9 Å². The average Bonchev–Trinajstić information content (AvgIpc) is 2.77. The number of fused-ring (bicyclic) bond motifs is 2. The monoisotopic (exact) mass is 382 g/mol. The van der Waals surface area contributed by atoms with E-state index < -0.39 is 35.2 Å². The third-order valence-corrected chi connectivity index (χ3v) is 5.32. The molecule has 0 unspecified atom stereocenters. The number of carbonyl (C=O) groups excluding carboxylic acids is 2. The number of carboxylic acid groups (broad SMARTS) is 1. The molecule has 0 saturated heterocycles. The number of Topliss-reactive ketones (excluding diaryl/α,β-unsaturated/α-hetero) is 1. The summed E-state index contributed by atoms with van der Waals surface area (Å²) in [5.74, 6) is -4.95. The van der Waals surface area contributed by atoms with E-state index in [-0.39, 0.29) is 6.61 Å². The zero-order chi connectivity index (χ0) is 20.5. The molecule has 3 rings (SSSR count). The molecule has 2 bridgehead atoms. The van der Waals surface area contributed by atoms with E-state index in [9.17, 15) is 19.5 Å². The number of esters is 1. The summed E-state index contributed by atoms with van der Waals surface area (Å²) < 4.78 is 10.6. The van der Waals surface area contributed by atoms with Crippen molar-refractivity contribution in [1.82, 2.24) is 0 Å². The van der Waals surface area contributed by atoms with Gasteiger partial charge in [-0.3, -0.25) is 14.4 Å². The largest absolute Gasteiger partial charge is 0.481 e. The molecular weight excluding hydrogens is 360 g/mol. The van der Waals surface area contributed by atoms with Gasteiger partial charge in [-0.15, -0.1) is 0 Å². The van der Waals surface area contributed by atoms with Crippen LogP contribution in [-0.4, -0.2) is 35.5 Å². The second-order valence-corrected chi connectivity index (χ2v) is 7.02. The molecule has 2 aromatic rings. The fourth-order valence-electron chi connectivity index (χ4n) is 3.84. The first kappa shape index (κ1) is 19.8. The van der Waals surface area contributed by atoms with Crippen molar-refractivity contribution >= 4 is 17.7 Å². The summed E-state index contributed by atoms with van der Waals surface area (Å²) in [6, 6.07) is 14.7. The Morgan fingerprint density at radius 1 is 1.14 bits per heavy atom. The highest BCUT2D eigenvalue weighted by Gasteiger charge is 2.52. The molecule has 1 heterocycles. The summed E-state index contributed by atoms with van der Waals surface area (Å²) in [5, 5.41) is 10.1. The molecule has 0 spiro atoms. The van der Waals surface area contributed by atoms with E-state index in [2.05, 4.69) is 4.74 Å². The number of hydrogen-bond donors (Lipinski definition) is 1. The predicted molar refractivity (Wildman–Crippen MR) is 102 cm³/mol. The second-order valence-electron chi connectivity index (χ2n) is 7.02. The predicted octanol–water partition coefficient (Wildman–Crippen LogP) is 3.19. The lowest BCUT2D eigenvalue weighted by atomic mass is 9.75. The molecule has 0 fully saturated rings. The van der Waals surface area contributed by atoms with Crippen LogP contribution in [0.3, 0.4) is 0 Å². The van der Waals surface area contributed by atoms with Gasteiger partial charge in [0.05, 0.1) is 13.7 Å². The molecule has 0 radical (unpaired) electrons. The van der Waals surface area contributed by atoms with Gasteiger partial charge < -0.3 is 14.6 Å². The number of ketones is 1. The maximum Gasteiger partial charge on any atom is 0.316 e. The molecule has 6 nitrogen and oxygen atoms in total. The van der Waals surface area contributed by atoms with Gasteiger partial charge in [0.1, 0.15) is 17.4 Å². The second kappa shape index (κ2) is 7.56. The number of aliphatic carboxylic acids is 1. The fraction of sp³-hybridized carbons (Fsp3) is 0.318. The Bertz CT molecular complexity index is 920. The van der Waals surface area contributed by atoms with Gasteiger partial charge in [0.25, 0.3) is 0 Å². The lowest BCUT2D eigenvalue weighted by Crippen LogP contribution is -2.50. The molecule has 0 saturated carbocycles. The summed E-state index contributed by atoms with van der Waals surface area (Å²) in [4.78, 5) is 37.4. The van der Waals surface area contributed by atoms with Crippen molar-refractivity contribution in [1.29, 1.82) is 0 Å². The highest BCUT2D eigenvalue weighted by atomic mass is 16.5. The van der Waals surface area contributed by atoms with E-state index in [1.165, 1.54) is 21.0 Å². The average molecular weight is 382 g/mol. The highest BCUT2D eigenvalue weighted by Crippen LogP contribution is 2.44. The molecule has 2 aromatic carbocycles. The summed E-state index contributed by atoms with van der Waals surface area (Å²) >= 11 is 0. The number of methoxy groups -OCH3 is 1. The number of benzene rings is 2. The Labute approximate surface area is 163 Å². The van der Waals surface area contributed by atoms with E-state index in [0.717, 1.165) is 16.7 Å². The minimum Gasteiger partial charge on any atom is -0.481 e. The Kier molecular flexibility index (Phi) is 5.34. The van der Waals surface area contributed by atoms with Gasteiger partial charge in [0, 0.05) is 0 Å². The summed E-state index contributed by atoms with van der Waals surface area (Å²) in [5.41, 5.74) is 1.15. The van der Waals surface area contributed by atoms with Crippen molar-refractivity contribution in [3.05, 3.63) is 59.7 Å². The molecular formula is C22H22O6. The van der Waals surface area contributed by atoms with Crippen molar-refractivity contribution in [3.8, 4) is 11.1 Å². The summed E-state index contributed by atoms with van der Waals surface area (Å²) in [6.45, 7) is 2.90. The van der Waals surface area contributed by atoms with Crippen LogP contribution in [0, 0.1) is 5.92 Å². The van der Waals surface area contributed by atoms with E-state index >= 15 is 0 Å². The first-order chi connectivity index (χ1) is 13.3. The third kappa shape index (κ3) is 3.20. The highest BCUT2D eigenvalue weighted by molar-refractivity contribution is 6.06. The number of ether oxygens (including phenoxy) is 2. The van der Waals surface area contributed by atoms with Gasteiger partial charge in [-0.05, 0) is 36.1 Å². The number of carbonyl (C=O) groups is 3. The van der Waals surface area contributed by atoms with Crippen molar-refractivity contribution < 1.29 is 29.0 Å². The minimum absolute atomic E-state index is 0.0536. The smallest absolute Gasteiger partial charge is 0.316 e. The van der Waals surface area contributed by atoms with Crippen LogP contribution in [0.4, 0.5) is 0 Å². The standard InChI is InChI=1S/C22H22O6/c1-13(21(26)27-3)19(23)22(2)18(20(24)25)16-11-7-10-15(12-28-22)17(16)14-8-5-4-6-9-14/h4-11,13,18H,12H2,1-3H3,(H,24,25)/t13-,18+,22-/m0/s1. The Hall–Kier alpha value is -2.99. The van der Waals surface area contributed by atoms with Crippen LogP contribution in [0.25, 0.3) is 11.1 Å². The SMILES string of the molecule is COC(=O)[C@@H](C)C(=O)[C@@]1(C)OCc2cccc(c2-c2ccccc2)[C@@H]1C(=O)O. The Balaban J connectivity index is 2.19. The zero-order valence-corrected chi connectivity index (χ0v) is 16.0. The van der Waals surface area contributed by atoms with Gasteiger partial charge in [-0.25, -0.2) is 0 Å². The molecule has 6 heteroatoms. The first-order valence-corrected chi connectivity index (χ1v) is 8.97. The number of hydrogen-bond acceptors (Lipinski definition) is 5. The van der Waals surface area contributed by atoms with Crippen molar-refractivity contribution in [2.75, 3.05) is 7.11 Å². The van der Waals surface area contributed by atoms with Crippen molar-refractivity contribution in [2.24, 2.45) is 5.92 Å². The quantitative estimate of drug-likeness (QED) is 0.631. The first-order valence-electron chi connectivity index (χ1n) is 8.97. The topological polar surface area (TPSA) is 89.9 Å².